The van der Waals surface area contributed by atoms with E-state index in [-0.39, 0.29) is 12.5 Å². The summed E-state index contributed by atoms with van der Waals surface area (Å²) in [6, 6.07) is 12.3. The normalized spacial score (nSPS) is 15.6. The summed E-state index contributed by atoms with van der Waals surface area (Å²) in [6.45, 7) is 0.264. The van der Waals surface area contributed by atoms with Gasteiger partial charge in [0.05, 0.1) is 23.3 Å². The van der Waals surface area contributed by atoms with Gasteiger partial charge < -0.3 is 19.3 Å². The van der Waals surface area contributed by atoms with E-state index < -0.39 is 0 Å². The number of methoxy groups -OCH3 is 1. The molecule has 1 saturated carbocycles. The molecule has 0 spiro atoms. The molecule has 1 N–H and O–H groups in total. The van der Waals surface area contributed by atoms with Crippen LogP contribution in [0.1, 0.15) is 24.5 Å². The molecular weight excluding hydrogens is 354 g/mol. The fourth-order valence-corrected chi connectivity index (χ4v) is 4.62. The minimum atomic E-state index is 0.227. The Bertz CT molecular complexity index is 1310. The topological polar surface area (TPSA) is 51.8 Å². The predicted molar refractivity (Wildman–Crippen MR) is 106 cm³/mol. The van der Waals surface area contributed by atoms with Gasteiger partial charge in [-0.2, -0.15) is 4.57 Å². The number of nitrogens with zero attached hydrogens (tertiary/aromatic N) is 1. The van der Waals surface area contributed by atoms with Crippen molar-refractivity contribution in [2.45, 2.75) is 18.8 Å². The Kier molecular flexibility index (Phi) is 3.05. The van der Waals surface area contributed by atoms with Gasteiger partial charge in [-0.25, -0.2) is 0 Å². The molecule has 140 valence electrons. The second-order valence-electron chi connectivity index (χ2n) is 7.65. The lowest BCUT2D eigenvalue weighted by Crippen LogP contribution is -2.35. The van der Waals surface area contributed by atoms with Gasteiger partial charge in [0.2, 0.25) is 12.3 Å². The molecule has 2 aliphatic rings. The van der Waals surface area contributed by atoms with E-state index in [0.29, 0.717) is 11.7 Å². The lowest BCUT2D eigenvalue weighted by molar-refractivity contribution is -0.650. The van der Waals surface area contributed by atoms with Crippen molar-refractivity contribution < 1.29 is 23.9 Å². The van der Waals surface area contributed by atoms with Gasteiger partial charge in [0.15, 0.2) is 28.7 Å². The Morgan fingerprint density at radius 2 is 1.75 bits per heavy atom. The highest BCUT2D eigenvalue weighted by atomic mass is 16.7. The smallest absolute Gasteiger partial charge is 0.231 e. The number of benzene rings is 3. The molecule has 0 radical (unpaired) electrons. The van der Waals surface area contributed by atoms with Gasteiger partial charge in [-0.3, -0.25) is 0 Å². The number of pyridine rings is 1. The van der Waals surface area contributed by atoms with Gasteiger partial charge in [-0.05, 0) is 48.6 Å². The van der Waals surface area contributed by atoms with Crippen LogP contribution in [0.25, 0.3) is 32.4 Å². The first-order chi connectivity index (χ1) is 13.7. The van der Waals surface area contributed by atoms with E-state index in [1.807, 2.05) is 12.1 Å². The number of aromatic hydroxyl groups is 1. The molecule has 1 fully saturated rings. The van der Waals surface area contributed by atoms with Crippen LogP contribution in [0.2, 0.25) is 0 Å². The number of ether oxygens (including phenoxy) is 3. The lowest BCUT2D eigenvalue weighted by Gasteiger charge is -2.14. The molecule has 1 aliphatic carbocycles. The number of hydrogen-bond acceptors (Lipinski definition) is 4. The first-order valence-electron chi connectivity index (χ1n) is 9.55. The van der Waals surface area contributed by atoms with Crippen LogP contribution in [-0.4, -0.2) is 19.0 Å². The number of hydrogen-bond donors (Lipinski definition) is 1. The third-order valence-corrected chi connectivity index (χ3v) is 6.05. The largest absolute Gasteiger partial charge is 0.504 e. The molecule has 0 bridgehead atoms. The van der Waals surface area contributed by atoms with Crippen LogP contribution >= 0.6 is 0 Å². The molecule has 5 heteroatoms. The zero-order chi connectivity index (χ0) is 19.0. The molecule has 0 unspecified atom stereocenters. The zero-order valence-electron chi connectivity index (χ0n) is 15.8. The second kappa shape index (κ2) is 5.41. The van der Waals surface area contributed by atoms with Crippen molar-refractivity contribution in [3.05, 3.63) is 42.1 Å². The first kappa shape index (κ1) is 15.8. The van der Waals surface area contributed by atoms with E-state index >= 15 is 0 Å². The molecule has 28 heavy (non-hydrogen) atoms. The fourth-order valence-electron chi connectivity index (χ4n) is 4.62. The number of phenolic OH excluding ortho intramolecular Hbond substituents is 1. The summed E-state index contributed by atoms with van der Waals surface area (Å²) in [5.74, 6) is 2.77. The van der Waals surface area contributed by atoms with Crippen molar-refractivity contribution in [3.63, 3.8) is 0 Å². The molecule has 0 saturated heterocycles. The van der Waals surface area contributed by atoms with E-state index in [4.69, 9.17) is 14.2 Å². The van der Waals surface area contributed by atoms with E-state index in [1.165, 1.54) is 5.69 Å². The standard InChI is InChI=1S/C23H19NO4/c1-24-21(12-3-4-12)20-14(7-8-17(26-2)23(20)25)15-6-5-13-9-18-19(28-11-27-18)10-16(13)22(15)24/h5-10,12H,3-4,11H2,1-2H3/p+1. The highest BCUT2D eigenvalue weighted by Gasteiger charge is 2.37. The van der Waals surface area contributed by atoms with Crippen molar-refractivity contribution in [1.82, 2.24) is 0 Å². The van der Waals surface area contributed by atoms with Crippen LogP contribution in [0, 0.1) is 0 Å². The zero-order valence-corrected chi connectivity index (χ0v) is 15.8. The Balaban J connectivity index is 1.83. The van der Waals surface area contributed by atoms with E-state index in [2.05, 4.69) is 35.9 Å². The van der Waals surface area contributed by atoms with Gasteiger partial charge in [0.25, 0.3) is 0 Å². The quantitative estimate of drug-likeness (QED) is 0.420. The van der Waals surface area contributed by atoms with Crippen molar-refractivity contribution in [2.75, 3.05) is 13.9 Å². The molecular formula is C23H20NO4+. The Morgan fingerprint density at radius 1 is 1.00 bits per heavy atom. The van der Waals surface area contributed by atoms with Gasteiger partial charge in [-0.15, -0.1) is 0 Å². The maximum atomic E-state index is 11.0. The van der Waals surface area contributed by atoms with Crippen LogP contribution in [0.5, 0.6) is 23.0 Å². The van der Waals surface area contributed by atoms with Gasteiger partial charge in [0.1, 0.15) is 7.05 Å². The average Bonchev–Trinajstić information content (AvgIpc) is 3.44. The van der Waals surface area contributed by atoms with Gasteiger partial charge in [0, 0.05) is 11.3 Å². The number of aryl methyl sites for hydroxylation is 1. The SMILES string of the molecule is COc1ccc2c(c1O)c(C1CC1)[n+](C)c1c3cc4c(cc3ccc21)OCO4. The van der Waals surface area contributed by atoms with Gasteiger partial charge in [-0.1, -0.05) is 6.07 Å². The van der Waals surface area contributed by atoms with E-state index in [0.717, 1.165) is 56.8 Å². The minimum Gasteiger partial charge on any atom is -0.504 e. The molecule has 6 rings (SSSR count). The van der Waals surface area contributed by atoms with Crippen molar-refractivity contribution >= 4 is 32.4 Å². The van der Waals surface area contributed by atoms with Crippen molar-refractivity contribution in [1.29, 1.82) is 0 Å². The summed E-state index contributed by atoms with van der Waals surface area (Å²) >= 11 is 0. The van der Waals surface area contributed by atoms with Crippen molar-refractivity contribution in [3.8, 4) is 23.0 Å². The third kappa shape index (κ3) is 1.99. The number of fused-ring (bicyclic) bond motifs is 6. The molecule has 1 aromatic heterocycles. The third-order valence-electron chi connectivity index (χ3n) is 6.05. The summed E-state index contributed by atoms with van der Waals surface area (Å²) in [4.78, 5) is 0. The van der Waals surface area contributed by atoms with Crippen molar-refractivity contribution in [2.24, 2.45) is 7.05 Å². The van der Waals surface area contributed by atoms with Crippen LogP contribution in [0.4, 0.5) is 0 Å². The maximum Gasteiger partial charge on any atom is 0.231 e. The summed E-state index contributed by atoms with van der Waals surface area (Å²) in [6.07, 6.45) is 2.28. The average molecular weight is 374 g/mol. The summed E-state index contributed by atoms with van der Waals surface area (Å²) in [7, 11) is 3.69. The summed E-state index contributed by atoms with van der Waals surface area (Å²) in [5.41, 5.74) is 2.32. The highest BCUT2D eigenvalue weighted by molar-refractivity contribution is 6.16. The van der Waals surface area contributed by atoms with E-state index in [9.17, 15) is 5.11 Å². The second-order valence-corrected chi connectivity index (χ2v) is 7.65. The molecule has 3 aromatic carbocycles. The summed E-state index contributed by atoms with van der Waals surface area (Å²) in [5, 5.41) is 16.3. The molecule has 0 amide bonds. The molecule has 5 nitrogen and oxygen atoms in total. The first-order valence-corrected chi connectivity index (χ1v) is 9.55. The number of rotatable bonds is 2. The van der Waals surface area contributed by atoms with Gasteiger partial charge >= 0.3 is 0 Å². The minimum absolute atomic E-state index is 0.227. The predicted octanol–water partition coefficient (Wildman–Crippen LogP) is 4.29. The molecule has 4 aromatic rings. The molecule has 0 atom stereocenters. The number of phenols is 1. The van der Waals surface area contributed by atoms with Crippen LogP contribution in [0.15, 0.2) is 36.4 Å². The van der Waals surface area contributed by atoms with Crippen LogP contribution in [0.3, 0.4) is 0 Å². The summed E-state index contributed by atoms with van der Waals surface area (Å²) < 4.78 is 18.8. The Labute approximate surface area is 161 Å². The van der Waals surface area contributed by atoms with Crippen LogP contribution < -0.4 is 18.8 Å². The molecule has 2 heterocycles. The van der Waals surface area contributed by atoms with Crippen LogP contribution in [-0.2, 0) is 7.05 Å². The highest BCUT2D eigenvalue weighted by Crippen LogP contribution is 2.48. The Hall–Kier alpha value is -3.21. The Morgan fingerprint density at radius 3 is 2.50 bits per heavy atom. The van der Waals surface area contributed by atoms with E-state index in [1.54, 1.807) is 7.11 Å². The number of aromatic nitrogens is 1. The maximum absolute atomic E-state index is 11.0. The fraction of sp³-hybridized carbons (Fsp3) is 0.261. The lowest BCUT2D eigenvalue weighted by atomic mass is 9.96. The molecule has 1 aliphatic heterocycles. The monoisotopic (exact) mass is 374 g/mol.